The van der Waals surface area contributed by atoms with Crippen molar-refractivity contribution < 1.29 is 9.59 Å². The van der Waals surface area contributed by atoms with Crippen LogP contribution in [0, 0.1) is 18.3 Å². The first kappa shape index (κ1) is 18.0. The fourth-order valence-electron chi connectivity index (χ4n) is 2.22. The zero-order valence-electron chi connectivity index (χ0n) is 14.0. The summed E-state index contributed by atoms with van der Waals surface area (Å²) in [5.41, 5.74) is 3.58. The third-order valence-corrected chi connectivity index (χ3v) is 3.53. The normalized spacial score (nSPS) is 10.2. The molecule has 0 bridgehead atoms. The van der Waals surface area contributed by atoms with Crippen LogP contribution in [0.2, 0.25) is 0 Å². The van der Waals surface area contributed by atoms with Gasteiger partial charge < -0.3 is 10.6 Å². The van der Waals surface area contributed by atoms with Gasteiger partial charge in [0.05, 0.1) is 6.07 Å². The van der Waals surface area contributed by atoms with Crippen molar-refractivity contribution in [1.82, 2.24) is 5.32 Å². The fourth-order valence-corrected chi connectivity index (χ4v) is 2.22. The van der Waals surface area contributed by atoms with Crippen molar-refractivity contribution in [3.8, 4) is 6.07 Å². The van der Waals surface area contributed by atoms with Gasteiger partial charge in [0, 0.05) is 18.3 Å². The Hall–Kier alpha value is -3.39. The van der Waals surface area contributed by atoms with E-state index in [0.29, 0.717) is 12.2 Å². The van der Waals surface area contributed by atoms with Crippen LogP contribution in [-0.4, -0.2) is 11.8 Å². The first-order valence-corrected chi connectivity index (χ1v) is 7.86. The average molecular weight is 333 g/mol. The lowest BCUT2D eigenvalue weighted by molar-refractivity contribution is -0.120. The number of carbonyl (C=O) groups excluding carboxylic acids is 2. The Morgan fingerprint density at radius 2 is 1.96 bits per heavy atom. The number of carbonyl (C=O) groups is 2. The van der Waals surface area contributed by atoms with E-state index in [1.165, 1.54) is 6.08 Å². The summed E-state index contributed by atoms with van der Waals surface area (Å²) in [5.74, 6) is -0.549. The van der Waals surface area contributed by atoms with Crippen molar-refractivity contribution in [2.24, 2.45) is 0 Å². The first-order chi connectivity index (χ1) is 12.1. The van der Waals surface area contributed by atoms with Crippen molar-refractivity contribution in [2.45, 2.75) is 19.9 Å². The van der Waals surface area contributed by atoms with Gasteiger partial charge in [-0.15, -0.1) is 0 Å². The van der Waals surface area contributed by atoms with Gasteiger partial charge >= 0.3 is 0 Å². The highest BCUT2D eigenvalue weighted by atomic mass is 16.2. The number of hydrogen-bond donors (Lipinski definition) is 2. The molecule has 0 aliphatic heterocycles. The van der Waals surface area contributed by atoms with Crippen LogP contribution >= 0.6 is 0 Å². The second kappa shape index (κ2) is 9.04. The summed E-state index contributed by atoms with van der Waals surface area (Å²) in [5, 5.41) is 13.9. The molecule has 0 aliphatic rings. The minimum atomic E-state index is -0.321. The van der Waals surface area contributed by atoms with E-state index in [1.54, 1.807) is 30.3 Å². The van der Waals surface area contributed by atoms with Crippen molar-refractivity contribution in [2.75, 3.05) is 5.32 Å². The second-order valence-electron chi connectivity index (χ2n) is 5.49. The van der Waals surface area contributed by atoms with Crippen molar-refractivity contribution >= 4 is 23.6 Å². The van der Waals surface area contributed by atoms with E-state index in [0.717, 1.165) is 16.7 Å². The summed E-state index contributed by atoms with van der Waals surface area (Å²) in [7, 11) is 0. The molecule has 0 spiro atoms. The van der Waals surface area contributed by atoms with Gasteiger partial charge in [-0.25, -0.2) is 0 Å². The van der Waals surface area contributed by atoms with Crippen molar-refractivity contribution in [1.29, 1.82) is 5.26 Å². The van der Waals surface area contributed by atoms with Gasteiger partial charge in [0.25, 0.3) is 0 Å². The third-order valence-electron chi connectivity index (χ3n) is 3.53. The van der Waals surface area contributed by atoms with E-state index in [9.17, 15) is 9.59 Å². The Labute approximate surface area is 147 Å². The molecule has 2 aromatic carbocycles. The number of nitrogens with zero attached hydrogens (tertiary/aromatic N) is 1. The molecule has 2 rings (SSSR count). The van der Waals surface area contributed by atoms with Crippen LogP contribution < -0.4 is 10.6 Å². The number of rotatable bonds is 6. The molecule has 5 nitrogen and oxygen atoms in total. The SMILES string of the molecule is Cc1ccccc1/C=C/C(=O)Nc1cccc(CNC(=O)CC#N)c1. The van der Waals surface area contributed by atoms with Gasteiger partial charge in [-0.05, 0) is 41.8 Å². The summed E-state index contributed by atoms with van der Waals surface area (Å²) in [6.45, 7) is 2.30. The Balaban J connectivity index is 1.95. The van der Waals surface area contributed by atoms with Gasteiger partial charge in [0.15, 0.2) is 0 Å². The van der Waals surface area contributed by atoms with Gasteiger partial charge in [-0.2, -0.15) is 5.26 Å². The minimum Gasteiger partial charge on any atom is -0.351 e. The summed E-state index contributed by atoms with van der Waals surface area (Å²) in [6, 6.07) is 16.8. The molecule has 0 aromatic heterocycles. The molecule has 2 N–H and O–H groups in total. The minimum absolute atomic E-state index is 0.167. The van der Waals surface area contributed by atoms with Crippen LogP contribution in [0.4, 0.5) is 5.69 Å². The van der Waals surface area contributed by atoms with Crippen LogP contribution in [0.3, 0.4) is 0 Å². The molecule has 5 heteroatoms. The fraction of sp³-hybridized carbons (Fsp3) is 0.150. The molecule has 0 fully saturated rings. The summed E-state index contributed by atoms with van der Waals surface area (Å²) in [4.78, 5) is 23.4. The van der Waals surface area contributed by atoms with E-state index in [1.807, 2.05) is 37.3 Å². The van der Waals surface area contributed by atoms with Crippen molar-refractivity contribution in [3.63, 3.8) is 0 Å². The Morgan fingerprint density at radius 1 is 1.16 bits per heavy atom. The quantitative estimate of drug-likeness (QED) is 0.797. The molecule has 0 unspecified atom stereocenters. The number of nitrogens with one attached hydrogen (secondary N) is 2. The molecule has 0 atom stereocenters. The van der Waals surface area contributed by atoms with Gasteiger partial charge in [0.1, 0.15) is 6.42 Å². The monoisotopic (exact) mass is 333 g/mol. The third kappa shape index (κ3) is 5.96. The zero-order chi connectivity index (χ0) is 18.1. The number of anilines is 1. The predicted molar refractivity (Wildman–Crippen MR) is 97.4 cm³/mol. The average Bonchev–Trinajstić information content (AvgIpc) is 2.60. The zero-order valence-corrected chi connectivity index (χ0v) is 14.0. The maximum atomic E-state index is 12.1. The topological polar surface area (TPSA) is 82.0 Å². The molecule has 126 valence electrons. The second-order valence-corrected chi connectivity index (χ2v) is 5.49. The maximum Gasteiger partial charge on any atom is 0.248 e. The maximum absolute atomic E-state index is 12.1. The van der Waals surface area contributed by atoms with Crippen LogP contribution in [0.15, 0.2) is 54.6 Å². The lowest BCUT2D eigenvalue weighted by Gasteiger charge is -2.07. The molecule has 0 heterocycles. The molecule has 0 saturated carbocycles. The van der Waals surface area contributed by atoms with Gasteiger partial charge in [-0.1, -0.05) is 36.4 Å². The highest BCUT2D eigenvalue weighted by molar-refractivity contribution is 6.02. The Bertz CT molecular complexity index is 835. The molecule has 2 aromatic rings. The lowest BCUT2D eigenvalue weighted by Crippen LogP contribution is -2.21. The standard InChI is InChI=1S/C20H19N3O2/c1-15-5-2-3-7-17(15)9-10-20(25)23-18-8-4-6-16(13-18)14-22-19(24)11-12-21/h2-10,13H,11,14H2,1H3,(H,22,24)(H,23,25)/b10-9+. The van der Waals surface area contributed by atoms with Gasteiger partial charge in [-0.3, -0.25) is 9.59 Å². The number of aryl methyl sites for hydroxylation is 1. The highest BCUT2D eigenvalue weighted by Gasteiger charge is 2.03. The predicted octanol–water partition coefficient (Wildman–Crippen LogP) is 3.18. The van der Waals surface area contributed by atoms with E-state index in [-0.39, 0.29) is 18.2 Å². The molecule has 0 aliphatic carbocycles. The molecule has 0 radical (unpaired) electrons. The largest absolute Gasteiger partial charge is 0.351 e. The summed E-state index contributed by atoms with van der Waals surface area (Å²) < 4.78 is 0. The summed E-state index contributed by atoms with van der Waals surface area (Å²) in [6.07, 6.45) is 3.10. The molecule has 0 saturated heterocycles. The van der Waals surface area contributed by atoms with Gasteiger partial charge in [0.2, 0.25) is 11.8 Å². The van der Waals surface area contributed by atoms with Crippen molar-refractivity contribution in [3.05, 3.63) is 71.3 Å². The first-order valence-electron chi connectivity index (χ1n) is 7.86. The Morgan fingerprint density at radius 3 is 2.72 bits per heavy atom. The number of nitriles is 1. The summed E-state index contributed by atoms with van der Waals surface area (Å²) >= 11 is 0. The van der Waals surface area contributed by atoms with E-state index < -0.39 is 0 Å². The van der Waals surface area contributed by atoms with Crippen LogP contribution in [0.25, 0.3) is 6.08 Å². The molecular weight excluding hydrogens is 314 g/mol. The number of amides is 2. The van der Waals surface area contributed by atoms with E-state index >= 15 is 0 Å². The molecule has 2 amide bonds. The highest BCUT2D eigenvalue weighted by Crippen LogP contribution is 2.12. The Kier molecular flexibility index (Phi) is 6.49. The van der Waals surface area contributed by atoms with E-state index in [2.05, 4.69) is 10.6 Å². The molecular formula is C20H19N3O2. The van der Waals surface area contributed by atoms with Crippen LogP contribution in [-0.2, 0) is 16.1 Å². The smallest absolute Gasteiger partial charge is 0.248 e. The van der Waals surface area contributed by atoms with Crippen LogP contribution in [0.1, 0.15) is 23.1 Å². The molecule has 25 heavy (non-hydrogen) atoms. The van der Waals surface area contributed by atoms with Crippen LogP contribution in [0.5, 0.6) is 0 Å². The van der Waals surface area contributed by atoms with E-state index in [4.69, 9.17) is 5.26 Å². The lowest BCUT2D eigenvalue weighted by atomic mass is 10.1. The number of benzene rings is 2. The number of hydrogen-bond acceptors (Lipinski definition) is 3.